The molecule has 0 bridgehead atoms. The normalized spacial score (nSPS) is 15.0. The van der Waals surface area contributed by atoms with E-state index in [1.165, 1.54) is 4.90 Å². The third kappa shape index (κ3) is 7.00. The Morgan fingerprint density at radius 1 is 1.37 bits per heavy atom. The van der Waals surface area contributed by atoms with Crippen molar-refractivity contribution in [2.24, 2.45) is 0 Å². The SMILES string of the molecule is CS(=O)(=O)CCCNC(=O)N(CCC(=O)O)C1CC1. The van der Waals surface area contributed by atoms with Gasteiger partial charge in [-0.1, -0.05) is 0 Å². The number of amides is 2. The Balaban J connectivity index is 2.30. The second kappa shape index (κ2) is 6.74. The van der Waals surface area contributed by atoms with Gasteiger partial charge in [0.25, 0.3) is 0 Å². The molecule has 2 N–H and O–H groups in total. The number of rotatable bonds is 8. The summed E-state index contributed by atoms with van der Waals surface area (Å²) in [6.45, 7) is 0.472. The predicted octanol–water partition coefficient (Wildman–Crippen LogP) is 0.0698. The number of carbonyl (C=O) groups is 2. The largest absolute Gasteiger partial charge is 0.481 e. The van der Waals surface area contributed by atoms with E-state index in [-0.39, 0.29) is 37.3 Å². The van der Waals surface area contributed by atoms with Gasteiger partial charge in [0.1, 0.15) is 9.84 Å². The molecule has 0 aromatic heterocycles. The summed E-state index contributed by atoms with van der Waals surface area (Å²) in [7, 11) is -3.01. The average Bonchev–Trinajstić information content (AvgIpc) is 3.07. The Bertz CT molecular complexity index is 430. The van der Waals surface area contributed by atoms with Gasteiger partial charge in [-0.3, -0.25) is 4.79 Å². The molecular formula is C11H20N2O5S. The van der Waals surface area contributed by atoms with Crippen molar-refractivity contribution in [1.29, 1.82) is 0 Å². The zero-order valence-electron chi connectivity index (χ0n) is 11.0. The van der Waals surface area contributed by atoms with Gasteiger partial charge in [0.2, 0.25) is 0 Å². The smallest absolute Gasteiger partial charge is 0.317 e. The fourth-order valence-electron chi connectivity index (χ4n) is 1.68. The molecule has 0 aromatic carbocycles. The summed E-state index contributed by atoms with van der Waals surface area (Å²) < 4.78 is 21.8. The molecule has 0 saturated heterocycles. The first-order valence-corrected chi connectivity index (χ1v) is 8.29. The minimum absolute atomic E-state index is 0.0336. The number of carboxylic acids is 1. The summed E-state index contributed by atoms with van der Waals surface area (Å²) >= 11 is 0. The van der Waals surface area contributed by atoms with E-state index < -0.39 is 15.8 Å². The van der Waals surface area contributed by atoms with E-state index in [1.54, 1.807) is 0 Å². The number of nitrogens with zero attached hydrogens (tertiary/aromatic N) is 1. The second-order valence-corrected chi connectivity index (χ2v) is 7.04. The van der Waals surface area contributed by atoms with Gasteiger partial charge >= 0.3 is 12.0 Å². The monoisotopic (exact) mass is 292 g/mol. The molecule has 0 heterocycles. The molecule has 110 valence electrons. The highest BCUT2D eigenvalue weighted by Crippen LogP contribution is 2.26. The third-order valence-electron chi connectivity index (χ3n) is 2.78. The van der Waals surface area contributed by atoms with Crippen molar-refractivity contribution < 1.29 is 23.1 Å². The number of nitrogens with one attached hydrogen (secondary N) is 1. The first kappa shape index (κ1) is 15.7. The molecule has 1 aliphatic rings. The summed E-state index contributed by atoms with van der Waals surface area (Å²) in [6.07, 6.45) is 3.24. The van der Waals surface area contributed by atoms with Crippen LogP contribution in [0.15, 0.2) is 0 Å². The van der Waals surface area contributed by atoms with Crippen LogP contribution in [-0.4, -0.2) is 61.6 Å². The number of hydrogen-bond acceptors (Lipinski definition) is 4. The van der Waals surface area contributed by atoms with Gasteiger partial charge in [-0.25, -0.2) is 13.2 Å². The van der Waals surface area contributed by atoms with Gasteiger partial charge < -0.3 is 15.3 Å². The molecule has 0 aliphatic heterocycles. The molecule has 1 rings (SSSR count). The van der Waals surface area contributed by atoms with Crippen LogP contribution in [0.4, 0.5) is 4.79 Å². The van der Waals surface area contributed by atoms with E-state index in [0.717, 1.165) is 19.1 Å². The van der Waals surface area contributed by atoms with E-state index >= 15 is 0 Å². The van der Waals surface area contributed by atoms with Crippen LogP contribution in [-0.2, 0) is 14.6 Å². The maximum atomic E-state index is 11.8. The summed E-state index contributed by atoms with van der Waals surface area (Å²) in [5.74, 6) is -0.901. The van der Waals surface area contributed by atoms with Crippen LogP contribution in [0.25, 0.3) is 0 Å². The van der Waals surface area contributed by atoms with Crippen LogP contribution < -0.4 is 5.32 Å². The van der Waals surface area contributed by atoms with Gasteiger partial charge in [-0.15, -0.1) is 0 Å². The van der Waals surface area contributed by atoms with E-state index in [0.29, 0.717) is 6.42 Å². The van der Waals surface area contributed by atoms with Crippen molar-refractivity contribution in [3.05, 3.63) is 0 Å². The molecule has 0 atom stereocenters. The molecular weight excluding hydrogens is 272 g/mol. The molecule has 19 heavy (non-hydrogen) atoms. The molecule has 0 radical (unpaired) electrons. The van der Waals surface area contributed by atoms with Crippen molar-refractivity contribution >= 4 is 21.8 Å². The number of aliphatic carboxylic acids is 1. The van der Waals surface area contributed by atoms with Crippen molar-refractivity contribution in [3.8, 4) is 0 Å². The second-order valence-electron chi connectivity index (χ2n) is 4.78. The maximum Gasteiger partial charge on any atom is 0.317 e. The van der Waals surface area contributed by atoms with E-state index in [4.69, 9.17) is 5.11 Å². The van der Waals surface area contributed by atoms with E-state index in [1.807, 2.05) is 0 Å². The van der Waals surface area contributed by atoms with Gasteiger partial charge in [-0.2, -0.15) is 0 Å². The van der Waals surface area contributed by atoms with Crippen LogP contribution in [0.5, 0.6) is 0 Å². The molecule has 2 amide bonds. The predicted molar refractivity (Wildman–Crippen MR) is 69.7 cm³/mol. The van der Waals surface area contributed by atoms with Gasteiger partial charge in [-0.05, 0) is 19.3 Å². The zero-order chi connectivity index (χ0) is 14.5. The first-order chi connectivity index (χ1) is 8.79. The van der Waals surface area contributed by atoms with Crippen LogP contribution >= 0.6 is 0 Å². The van der Waals surface area contributed by atoms with E-state index in [2.05, 4.69) is 5.32 Å². The van der Waals surface area contributed by atoms with Crippen LogP contribution in [0.3, 0.4) is 0 Å². The fraction of sp³-hybridized carbons (Fsp3) is 0.818. The standard InChI is InChI=1S/C11H20N2O5S/c1-19(17,18)8-2-6-12-11(16)13(9-3-4-9)7-5-10(14)15/h9H,2-8H2,1H3,(H,12,16)(H,14,15). The Morgan fingerprint density at radius 3 is 2.47 bits per heavy atom. The molecule has 8 heteroatoms. The highest BCUT2D eigenvalue weighted by Gasteiger charge is 2.32. The summed E-state index contributed by atoms with van der Waals surface area (Å²) in [4.78, 5) is 23.9. The maximum absolute atomic E-state index is 11.8. The van der Waals surface area contributed by atoms with Crippen molar-refractivity contribution in [1.82, 2.24) is 10.2 Å². The first-order valence-electron chi connectivity index (χ1n) is 6.23. The molecule has 7 nitrogen and oxygen atoms in total. The van der Waals surface area contributed by atoms with Gasteiger partial charge in [0, 0.05) is 25.4 Å². The van der Waals surface area contributed by atoms with Crippen molar-refractivity contribution in [3.63, 3.8) is 0 Å². The minimum atomic E-state index is -3.01. The summed E-state index contributed by atoms with van der Waals surface area (Å²) in [5, 5.41) is 11.3. The quantitative estimate of drug-likeness (QED) is 0.616. The van der Waals surface area contributed by atoms with Crippen molar-refractivity contribution in [2.75, 3.05) is 25.1 Å². The number of carboxylic acid groups (broad SMARTS) is 1. The highest BCUT2D eigenvalue weighted by atomic mass is 32.2. The topological polar surface area (TPSA) is 104 Å². The Labute approximate surface area is 112 Å². The minimum Gasteiger partial charge on any atom is -0.481 e. The Morgan fingerprint density at radius 2 is 2.00 bits per heavy atom. The molecule has 1 saturated carbocycles. The highest BCUT2D eigenvalue weighted by molar-refractivity contribution is 7.90. The van der Waals surface area contributed by atoms with Crippen molar-refractivity contribution in [2.45, 2.75) is 31.7 Å². The number of sulfone groups is 1. The lowest BCUT2D eigenvalue weighted by atomic mass is 10.4. The van der Waals surface area contributed by atoms with Crippen LogP contribution in [0, 0.1) is 0 Å². The number of urea groups is 1. The Hall–Kier alpha value is -1.31. The zero-order valence-corrected chi connectivity index (χ0v) is 11.8. The number of hydrogen-bond donors (Lipinski definition) is 2. The summed E-state index contributed by atoms with van der Waals surface area (Å²) in [6, 6.07) is -0.175. The molecule has 0 spiro atoms. The average molecular weight is 292 g/mol. The Kier molecular flexibility index (Phi) is 5.59. The van der Waals surface area contributed by atoms with E-state index in [9.17, 15) is 18.0 Å². The summed E-state index contributed by atoms with van der Waals surface area (Å²) in [5.41, 5.74) is 0. The lowest BCUT2D eigenvalue weighted by Crippen LogP contribution is -2.43. The van der Waals surface area contributed by atoms with Crippen LogP contribution in [0.2, 0.25) is 0 Å². The molecule has 0 aromatic rings. The molecule has 1 aliphatic carbocycles. The lowest BCUT2D eigenvalue weighted by Gasteiger charge is -2.22. The van der Waals surface area contributed by atoms with Gasteiger partial charge in [0.05, 0.1) is 12.2 Å². The van der Waals surface area contributed by atoms with Crippen LogP contribution in [0.1, 0.15) is 25.7 Å². The lowest BCUT2D eigenvalue weighted by molar-refractivity contribution is -0.137. The third-order valence-corrected chi connectivity index (χ3v) is 3.81. The number of carbonyl (C=O) groups excluding carboxylic acids is 1. The molecule has 1 fully saturated rings. The van der Waals surface area contributed by atoms with Gasteiger partial charge in [0.15, 0.2) is 0 Å². The molecule has 0 unspecified atom stereocenters. The fourth-order valence-corrected chi connectivity index (χ4v) is 2.35.